The molecule has 0 saturated heterocycles. The predicted molar refractivity (Wildman–Crippen MR) is 76.5 cm³/mol. The molecule has 2 aromatic heterocycles. The van der Waals surface area contributed by atoms with E-state index < -0.39 is 0 Å². The molecule has 2 N–H and O–H groups in total. The van der Waals surface area contributed by atoms with Crippen molar-refractivity contribution in [2.45, 2.75) is 6.54 Å². The molecule has 2 heterocycles. The van der Waals surface area contributed by atoms with E-state index in [2.05, 4.69) is 9.97 Å². The molecular weight excluding hydrogens is 281 g/mol. The molecule has 0 fully saturated rings. The summed E-state index contributed by atoms with van der Waals surface area (Å²) >= 11 is 2.90. The van der Waals surface area contributed by atoms with Gasteiger partial charge in [-0.05, 0) is 6.07 Å². The van der Waals surface area contributed by atoms with Crippen LogP contribution < -0.4 is 5.73 Å². The molecule has 96 valence electrons. The molecule has 0 amide bonds. The van der Waals surface area contributed by atoms with Crippen LogP contribution in [0.1, 0.15) is 5.01 Å². The summed E-state index contributed by atoms with van der Waals surface area (Å²) < 4.78 is 13.9. The average molecular weight is 291 g/mol. The first-order valence-corrected chi connectivity index (χ1v) is 7.33. The lowest BCUT2D eigenvalue weighted by atomic mass is 10.1. The molecule has 0 atom stereocenters. The molecule has 0 aliphatic heterocycles. The van der Waals surface area contributed by atoms with Crippen molar-refractivity contribution in [2.24, 2.45) is 5.73 Å². The Morgan fingerprint density at radius 1 is 1.26 bits per heavy atom. The number of rotatable bonds is 3. The summed E-state index contributed by atoms with van der Waals surface area (Å²) in [5.74, 6) is -0.257. The van der Waals surface area contributed by atoms with Crippen LogP contribution in [0, 0.1) is 5.82 Å². The van der Waals surface area contributed by atoms with Gasteiger partial charge in [0.05, 0.1) is 4.88 Å². The minimum absolute atomic E-state index is 0.257. The number of benzene rings is 1. The van der Waals surface area contributed by atoms with Crippen LogP contribution in [0.4, 0.5) is 4.39 Å². The fourth-order valence-corrected chi connectivity index (χ4v) is 3.43. The van der Waals surface area contributed by atoms with Crippen LogP contribution in [0.25, 0.3) is 21.1 Å². The second kappa shape index (κ2) is 5.16. The van der Waals surface area contributed by atoms with Crippen LogP contribution in [-0.2, 0) is 6.54 Å². The minimum Gasteiger partial charge on any atom is -0.325 e. The molecule has 0 radical (unpaired) electrons. The monoisotopic (exact) mass is 291 g/mol. The summed E-state index contributed by atoms with van der Waals surface area (Å²) in [7, 11) is 0. The Hall–Kier alpha value is -1.63. The number of thiazole rings is 2. The first-order chi connectivity index (χ1) is 9.29. The molecule has 3 nitrogen and oxygen atoms in total. The van der Waals surface area contributed by atoms with Gasteiger partial charge in [-0.15, -0.1) is 22.7 Å². The molecule has 6 heteroatoms. The smallest absolute Gasteiger partial charge is 0.143 e. The molecule has 1 aromatic carbocycles. The van der Waals surface area contributed by atoms with E-state index in [4.69, 9.17) is 5.73 Å². The molecule has 0 bridgehead atoms. The van der Waals surface area contributed by atoms with E-state index in [0.29, 0.717) is 17.8 Å². The lowest BCUT2D eigenvalue weighted by Gasteiger charge is -2.01. The lowest BCUT2D eigenvalue weighted by Crippen LogP contribution is -1.94. The first-order valence-electron chi connectivity index (χ1n) is 5.64. The van der Waals surface area contributed by atoms with Crippen molar-refractivity contribution in [3.63, 3.8) is 0 Å². The van der Waals surface area contributed by atoms with Crippen molar-refractivity contribution in [2.75, 3.05) is 0 Å². The van der Waals surface area contributed by atoms with Crippen LogP contribution in [-0.4, -0.2) is 9.97 Å². The average Bonchev–Trinajstić information content (AvgIpc) is 3.08. The van der Waals surface area contributed by atoms with Gasteiger partial charge < -0.3 is 5.73 Å². The van der Waals surface area contributed by atoms with E-state index in [0.717, 1.165) is 14.9 Å². The van der Waals surface area contributed by atoms with Crippen LogP contribution in [0.3, 0.4) is 0 Å². The zero-order valence-corrected chi connectivity index (χ0v) is 11.5. The molecular formula is C13H10FN3S2. The number of halogens is 1. The second-order valence-corrected chi connectivity index (χ2v) is 5.78. The normalized spacial score (nSPS) is 10.8. The number of aromatic nitrogens is 2. The minimum atomic E-state index is -0.257. The number of hydrogen-bond acceptors (Lipinski definition) is 5. The van der Waals surface area contributed by atoms with E-state index in [1.54, 1.807) is 18.3 Å². The largest absolute Gasteiger partial charge is 0.325 e. The Bertz CT molecular complexity index is 692. The van der Waals surface area contributed by atoms with E-state index >= 15 is 0 Å². The number of nitrogens with two attached hydrogens (primary N) is 1. The molecule has 0 saturated carbocycles. The summed E-state index contributed by atoms with van der Waals surface area (Å²) in [4.78, 5) is 9.50. The number of hydrogen-bond donors (Lipinski definition) is 1. The Morgan fingerprint density at radius 2 is 2.11 bits per heavy atom. The van der Waals surface area contributed by atoms with Gasteiger partial charge in [-0.1, -0.05) is 18.2 Å². The molecule has 0 spiro atoms. The second-order valence-electron chi connectivity index (χ2n) is 3.81. The quantitative estimate of drug-likeness (QED) is 0.803. The van der Waals surface area contributed by atoms with E-state index in [9.17, 15) is 4.39 Å². The Morgan fingerprint density at radius 3 is 2.79 bits per heavy atom. The van der Waals surface area contributed by atoms with Crippen LogP contribution in [0.5, 0.6) is 0 Å². The maximum Gasteiger partial charge on any atom is 0.143 e. The van der Waals surface area contributed by atoms with Crippen molar-refractivity contribution in [1.29, 1.82) is 0 Å². The van der Waals surface area contributed by atoms with E-state index in [1.165, 1.54) is 28.7 Å². The Labute approximate surface area is 117 Å². The highest BCUT2D eigenvalue weighted by Crippen LogP contribution is 2.38. The molecule has 0 aliphatic carbocycles. The highest BCUT2D eigenvalue weighted by molar-refractivity contribution is 7.17. The van der Waals surface area contributed by atoms with Gasteiger partial charge in [0, 0.05) is 23.7 Å². The molecule has 0 aliphatic rings. The highest BCUT2D eigenvalue weighted by atomic mass is 32.1. The van der Waals surface area contributed by atoms with Crippen LogP contribution in [0.2, 0.25) is 0 Å². The van der Waals surface area contributed by atoms with Crippen LogP contribution >= 0.6 is 22.7 Å². The summed E-state index contributed by atoms with van der Waals surface area (Å²) in [5, 5.41) is 3.44. The first kappa shape index (κ1) is 12.4. The summed E-state index contributed by atoms with van der Waals surface area (Å²) in [6.45, 7) is 0.345. The van der Waals surface area contributed by atoms with E-state index in [1.807, 2.05) is 11.4 Å². The third-order valence-electron chi connectivity index (χ3n) is 2.60. The van der Waals surface area contributed by atoms with Gasteiger partial charge in [0.25, 0.3) is 0 Å². The maximum atomic E-state index is 13.9. The lowest BCUT2D eigenvalue weighted by molar-refractivity contribution is 0.631. The third kappa shape index (κ3) is 2.30. The fraction of sp³-hybridized carbons (Fsp3) is 0.0769. The standard InChI is InChI=1S/C13H10FN3S2/c14-9-4-2-1-3-8(9)12-11(13-16-5-6-18-13)17-10(7-15)19-12/h1-6H,7,15H2. The fourth-order valence-electron chi connectivity index (χ4n) is 1.76. The van der Waals surface area contributed by atoms with Crippen LogP contribution in [0.15, 0.2) is 35.8 Å². The summed E-state index contributed by atoms with van der Waals surface area (Å²) in [6.07, 6.45) is 1.71. The van der Waals surface area contributed by atoms with Crippen molar-refractivity contribution >= 4 is 22.7 Å². The van der Waals surface area contributed by atoms with Gasteiger partial charge in [0.1, 0.15) is 21.5 Å². The van der Waals surface area contributed by atoms with Gasteiger partial charge in [0.2, 0.25) is 0 Å². The zero-order chi connectivity index (χ0) is 13.2. The maximum absolute atomic E-state index is 13.9. The van der Waals surface area contributed by atoms with Gasteiger partial charge >= 0.3 is 0 Å². The summed E-state index contributed by atoms with van der Waals surface area (Å²) in [5.41, 5.74) is 6.90. The summed E-state index contributed by atoms with van der Waals surface area (Å²) in [6, 6.07) is 6.68. The van der Waals surface area contributed by atoms with E-state index in [-0.39, 0.29) is 5.82 Å². The molecule has 3 aromatic rings. The van der Waals surface area contributed by atoms with Gasteiger partial charge in [0.15, 0.2) is 0 Å². The zero-order valence-electron chi connectivity index (χ0n) is 9.84. The molecule has 0 unspecified atom stereocenters. The Kier molecular flexibility index (Phi) is 3.37. The SMILES string of the molecule is NCc1nc(-c2nccs2)c(-c2ccccc2F)s1. The third-order valence-corrected chi connectivity index (χ3v) is 4.49. The molecule has 3 rings (SSSR count). The van der Waals surface area contributed by atoms with Crippen molar-refractivity contribution in [3.8, 4) is 21.1 Å². The predicted octanol–water partition coefficient (Wildman–Crippen LogP) is 3.53. The topological polar surface area (TPSA) is 51.8 Å². The van der Waals surface area contributed by atoms with Crippen molar-refractivity contribution in [3.05, 3.63) is 46.7 Å². The highest BCUT2D eigenvalue weighted by Gasteiger charge is 2.18. The van der Waals surface area contributed by atoms with Crippen molar-refractivity contribution < 1.29 is 4.39 Å². The van der Waals surface area contributed by atoms with Gasteiger partial charge in [-0.3, -0.25) is 0 Å². The van der Waals surface area contributed by atoms with Crippen molar-refractivity contribution in [1.82, 2.24) is 9.97 Å². The number of nitrogens with zero attached hydrogens (tertiary/aromatic N) is 2. The Balaban J connectivity index is 2.21. The molecule has 19 heavy (non-hydrogen) atoms. The van der Waals surface area contributed by atoms with Gasteiger partial charge in [-0.25, -0.2) is 14.4 Å². The van der Waals surface area contributed by atoms with Gasteiger partial charge in [-0.2, -0.15) is 0 Å².